The van der Waals surface area contributed by atoms with Crippen LogP contribution in [0.1, 0.15) is 51.7 Å². The van der Waals surface area contributed by atoms with Crippen LogP contribution in [0.25, 0.3) is 0 Å². The molecule has 174 valence electrons. The molecular formula is C21H27N3O6S2. The summed E-state index contributed by atoms with van der Waals surface area (Å²) >= 11 is 0.867. The molecular weight excluding hydrogens is 454 g/mol. The van der Waals surface area contributed by atoms with Crippen molar-refractivity contribution in [1.82, 2.24) is 4.31 Å². The maximum Gasteiger partial charge on any atom is 0.253 e. The molecule has 1 unspecified atom stereocenters. The maximum atomic E-state index is 12.8. The maximum absolute atomic E-state index is 12.8. The average molecular weight is 482 g/mol. The molecule has 2 heterocycles. The number of furan rings is 1. The van der Waals surface area contributed by atoms with Gasteiger partial charge in [0.05, 0.1) is 11.7 Å². The van der Waals surface area contributed by atoms with Crippen molar-refractivity contribution in [3.63, 3.8) is 0 Å². The fourth-order valence-corrected chi connectivity index (χ4v) is 6.66. The summed E-state index contributed by atoms with van der Waals surface area (Å²) in [4.78, 5) is 37.2. The molecule has 1 aromatic carbocycles. The lowest BCUT2D eigenvalue weighted by atomic mass is 10.1. The van der Waals surface area contributed by atoms with Gasteiger partial charge in [-0.2, -0.15) is 0 Å². The second-order valence-electron chi connectivity index (χ2n) is 7.29. The molecule has 3 rings (SSSR count). The van der Waals surface area contributed by atoms with Crippen molar-refractivity contribution >= 4 is 38.9 Å². The van der Waals surface area contributed by atoms with Crippen LogP contribution in [0.4, 0.5) is 11.4 Å². The van der Waals surface area contributed by atoms with Crippen LogP contribution in [-0.2, 0) is 21.2 Å². The van der Waals surface area contributed by atoms with E-state index in [1.807, 2.05) is 26.0 Å². The lowest BCUT2D eigenvalue weighted by molar-refractivity contribution is -0.113. The van der Waals surface area contributed by atoms with Crippen LogP contribution in [0.5, 0.6) is 0 Å². The van der Waals surface area contributed by atoms with Crippen LogP contribution < -0.4 is 21.5 Å². The molecule has 0 amide bonds. The molecule has 2 aromatic rings. The number of ketones is 1. The van der Waals surface area contributed by atoms with Gasteiger partial charge in [0.2, 0.25) is 15.8 Å². The topological polar surface area (TPSA) is 126 Å². The molecule has 0 saturated carbocycles. The smallest absolute Gasteiger partial charge is 0.253 e. The SMILES string of the molecule is CCc1ccc([C@@H](CC)Nc2c(NC3=CSC(S(=O)(=O)N(CC)CC)C3=O)c(=O)c2=O)o1. The zero-order valence-corrected chi connectivity index (χ0v) is 20.1. The highest BCUT2D eigenvalue weighted by molar-refractivity contribution is 8.16. The molecule has 2 atom stereocenters. The molecule has 1 aliphatic rings. The van der Waals surface area contributed by atoms with Crippen molar-refractivity contribution in [1.29, 1.82) is 0 Å². The van der Waals surface area contributed by atoms with Crippen LogP contribution in [0.3, 0.4) is 0 Å². The van der Waals surface area contributed by atoms with E-state index in [9.17, 15) is 22.8 Å². The Morgan fingerprint density at radius 2 is 1.72 bits per heavy atom. The van der Waals surface area contributed by atoms with Gasteiger partial charge in [-0.25, -0.2) is 12.7 Å². The van der Waals surface area contributed by atoms with Gasteiger partial charge in [0.25, 0.3) is 10.9 Å². The van der Waals surface area contributed by atoms with Gasteiger partial charge >= 0.3 is 0 Å². The zero-order chi connectivity index (χ0) is 23.6. The first-order valence-electron chi connectivity index (χ1n) is 10.5. The van der Waals surface area contributed by atoms with Crippen LogP contribution >= 0.6 is 11.8 Å². The highest BCUT2D eigenvalue weighted by Crippen LogP contribution is 2.34. The number of carbonyl (C=O) groups excluding carboxylic acids is 1. The zero-order valence-electron chi connectivity index (χ0n) is 18.4. The van der Waals surface area contributed by atoms with Crippen molar-refractivity contribution in [2.45, 2.75) is 51.2 Å². The first kappa shape index (κ1) is 24.3. The van der Waals surface area contributed by atoms with Crippen molar-refractivity contribution in [2.75, 3.05) is 23.7 Å². The Kier molecular flexibility index (Phi) is 7.31. The Morgan fingerprint density at radius 1 is 1.06 bits per heavy atom. The van der Waals surface area contributed by atoms with E-state index in [2.05, 4.69) is 10.6 Å². The van der Waals surface area contributed by atoms with Gasteiger partial charge in [-0.3, -0.25) is 14.4 Å². The lowest BCUT2D eigenvalue weighted by Gasteiger charge is -2.22. The highest BCUT2D eigenvalue weighted by Gasteiger charge is 2.42. The molecule has 32 heavy (non-hydrogen) atoms. The Bertz CT molecular complexity index is 1200. The molecule has 0 fully saturated rings. The molecule has 0 aliphatic carbocycles. The number of rotatable bonds is 11. The average Bonchev–Trinajstić information content (AvgIpc) is 3.40. The quantitative estimate of drug-likeness (QED) is 0.466. The fourth-order valence-electron chi connectivity index (χ4n) is 3.50. The molecule has 2 N–H and O–H groups in total. The first-order valence-corrected chi connectivity index (χ1v) is 13.0. The minimum atomic E-state index is -3.85. The number of aryl methyl sites for hydroxylation is 1. The molecule has 1 aliphatic heterocycles. The predicted molar refractivity (Wildman–Crippen MR) is 126 cm³/mol. The summed E-state index contributed by atoms with van der Waals surface area (Å²) < 4.78 is 31.1. The Balaban J connectivity index is 1.79. The fraction of sp³-hybridized carbons (Fsp3) is 0.476. The van der Waals surface area contributed by atoms with E-state index in [0.29, 0.717) is 12.2 Å². The standard InChI is InChI=1S/C21H27N3O6S2/c1-5-12-9-10-15(30-12)13(6-2)22-16-17(20(27)19(16)26)23-14-11-31-21(18(14)25)32(28,29)24(7-3)8-4/h9-11,13,21-23H,5-8H2,1-4H3/t13-,21?/m1/s1. The number of carbonyl (C=O) groups is 1. The van der Waals surface area contributed by atoms with Crippen LogP contribution in [0, 0.1) is 0 Å². The third kappa shape index (κ3) is 4.28. The highest BCUT2D eigenvalue weighted by atomic mass is 32.3. The van der Waals surface area contributed by atoms with Crippen LogP contribution in [0.2, 0.25) is 0 Å². The molecule has 0 spiro atoms. The summed E-state index contributed by atoms with van der Waals surface area (Å²) in [5, 5.41) is 7.11. The molecule has 0 radical (unpaired) electrons. The Hall–Kier alpha value is -2.37. The number of nitrogens with zero attached hydrogens (tertiary/aromatic N) is 1. The van der Waals surface area contributed by atoms with Crippen molar-refractivity contribution in [2.24, 2.45) is 0 Å². The van der Waals surface area contributed by atoms with E-state index in [0.717, 1.165) is 23.9 Å². The third-order valence-corrected chi connectivity index (χ3v) is 9.28. The van der Waals surface area contributed by atoms with Gasteiger partial charge in [0.1, 0.15) is 22.9 Å². The summed E-state index contributed by atoms with van der Waals surface area (Å²) in [6.45, 7) is 7.78. The molecule has 1 aromatic heterocycles. The van der Waals surface area contributed by atoms with E-state index in [-0.39, 0.29) is 36.2 Å². The predicted octanol–water partition coefficient (Wildman–Crippen LogP) is 2.57. The van der Waals surface area contributed by atoms with Crippen molar-refractivity contribution < 1.29 is 17.6 Å². The van der Waals surface area contributed by atoms with Gasteiger partial charge in [-0.15, -0.1) is 11.8 Å². The normalized spacial score (nSPS) is 17.7. The first-order chi connectivity index (χ1) is 15.2. The minimum Gasteiger partial charge on any atom is -0.464 e. The van der Waals surface area contributed by atoms with Gasteiger partial charge < -0.3 is 15.1 Å². The van der Waals surface area contributed by atoms with E-state index in [1.54, 1.807) is 13.8 Å². The van der Waals surface area contributed by atoms with E-state index >= 15 is 0 Å². The summed E-state index contributed by atoms with van der Waals surface area (Å²) in [6, 6.07) is 3.34. The molecule has 9 nitrogen and oxygen atoms in total. The minimum absolute atomic E-state index is 0.0230. The van der Waals surface area contributed by atoms with Gasteiger partial charge in [-0.1, -0.05) is 27.7 Å². The second kappa shape index (κ2) is 9.63. The van der Waals surface area contributed by atoms with Crippen molar-refractivity contribution in [3.8, 4) is 0 Å². The molecule has 0 bridgehead atoms. The van der Waals surface area contributed by atoms with Crippen molar-refractivity contribution in [3.05, 3.63) is 55.2 Å². The summed E-state index contributed by atoms with van der Waals surface area (Å²) in [6.07, 6.45) is 1.32. The van der Waals surface area contributed by atoms with Crippen LogP contribution in [0.15, 0.2) is 37.2 Å². The van der Waals surface area contributed by atoms with E-state index < -0.39 is 31.2 Å². The lowest BCUT2D eigenvalue weighted by Crippen LogP contribution is -2.41. The number of hydrogen-bond acceptors (Lipinski definition) is 9. The Morgan fingerprint density at radius 3 is 2.28 bits per heavy atom. The largest absolute Gasteiger partial charge is 0.464 e. The molecule has 11 heteroatoms. The van der Waals surface area contributed by atoms with Gasteiger partial charge in [0, 0.05) is 19.5 Å². The van der Waals surface area contributed by atoms with Gasteiger partial charge in [0.15, 0.2) is 4.58 Å². The number of allylic oxidation sites excluding steroid dienone is 1. The van der Waals surface area contributed by atoms with E-state index in [4.69, 9.17) is 4.42 Å². The molecule has 0 saturated heterocycles. The van der Waals surface area contributed by atoms with E-state index in [1.165, 1.54) is 9.71 Å². The summed E-state index contributed by atoms with van der Waals surface area (Å²) in [7, 11) is -3.85. The monoisotopic (exact) mass is 481 g/mol. The van der Waals surface area contributed by atoms with Gasteiger partial charge in [-0.05, 0) is 24.0 Å². The number of thioether (sulfide) groups is 1. The number of nitrogens with one attached hydrogen (secondary N) is 2. The number of Topliss-reactive ketones (excluding diaryl/α,β-unsaturated/α-hetero) is 1. The Labute approximate surface area is 191 Å². The number of anilines is 2. The second-order valence-corrected chi connectivity index (χ2v) is 10.6. The van der Waals surface area contributed by atoms with Crippen LogP contribution in [-0.4, -0.2) is 36.2 Å². The summed E-state index contributed by atoms with van der Waals surface area (Å²) in [5.41, 5.74) is -1.46. The number of sulfonamides is 1. The number of hydrogen-bond donors (Lipinski definition) is 2. The summed E-state index contributed by atoms with van der Waals surface area (Å²) in [5.74, 6) is 0.801. The third-order valence-electron chi connectivity index (χ3n) is 5.40.